The zero-order valence-electron chi connectivity index (χ0n) is 19.1. The van der Waals surface area contributed by atoms with Gasteiger partial charge in [0.15, 0.2) is 0 Å². The highest BCUT2D eigenvalue weighted by atomic mass is 16.5. The average Bonchev–Trinajstić information content (AvgIpc) is 3.13. The van der Waals surface area contributed by atoms with Crippen molar-refractivity contribution in [3.8, 4) is 28.4 Å². The summed E-state index contributed by atoms with van der Waals surface area (Å²) >= 11 is 0. The van der Waals surface area contributed by atoms with Crippen molar-refractivity contribution in [1.29, 1.82) is 0 Å². The number of nitrogens with two attached hydrogens (primary N) is 1. The largest absolute Gasteiger partial charge is 0.493 e. The van der Waals surface area contributed by atoms with Gasteiger partial charge in [-0.1, -0.05) is 26.0 Å². The van der Waals surface area contributed by atoms with Gasteiger partial charge in [-0.05, 0) is 45.0 Å². The number of hydrogen-bond acceptors (Lipinski definition) is 6. The van der Waals surface area contributed by atoms with Crippen LogP contribution in [0, 0.1) is 0 Å². The Hall–Kier alpha value is -2.73. The van der Waals surface area contributed by atoms with Gasteiger partial charge in [0.1, 0.15) is 23.5 Å². The quantitative estimate of drug-likeness (QED) is 0.306. The lowest BCUT2D eigenvalue weighted by Crippen LogP contribution is -2.25. The van der Waals surface area contributed by atoms with Gasteiger partial charge in [0.25, 0.3) is 0 Å². The van der Waals surface area contributed by atoms with E-state index < -0.39 is 5.92 Å². The molecular formula is C25H34N2O4. The van der Waals surface area contributed by atoms with E-state index in [1.165, 1.54) is 0 Å². The van der Waals surface area contributed by atoms with E-state index in [0.29, 0.717) is 37.0 Å². The number of fused-ring (bicyclic) bond motifs is 3. The number of carbonyl (C=O) groups is 1. The molecule has 1 aliphatic carbocycles. The normalized spacial score (nSPS) is 14.3. The fourth-order valence-corrected chi connectivity index (χ4v) is 4.30. The van der Waals surface area contributed by atoms with E-state index in [-0.39, 0.29) is 0 Å². The first-order valence-electron chi connectivity index (χ1n) is 11.3. The van der Waals surface area contributed by atoms with Gasteiger partial charge in [0, 0.05) is 29.3 Å². The lowest BCUT2D eigenvalue weighted by molar-refractivity contribution is -0.108. The molecule has 1 aliphatic rings. The van der Waals surface area contributed by atoms with Gasteiger partial charge < -0.3 is 29.6 Å². The summed E-state index contributed by atoms with van der Waals surface area (Å²) in [7, 11) is 0. The van der Waals surface area contributed by atoms with Gasteiger partial charge in [0.2, 0.25) is 0 Å². The monoisotopic (exact) mass is 426 g/mol. The summed E-state index contributed by atoms with van der Waals surface area (Å²) in [4.78, 5) is 14.5. The topological polar surface area (TPSA) is 74.0 Å². The molecule has 6 nitrogen and oxygen atoms in total. The number of nitrogen functional groups attached to an aromatic ring is 1. The van der Waals surface area contributed by atoms with Crippen LogP contribution in [0.3, 0.4) is 0 Å². The third-order valence-electron chi connectivity index (χ3n) is 5.79. The number of hydrogen-bond donors (Lipinski definition) is 1. The van der Waals surface area contributed by atoms with Crippen molar-refractivity contribution < 1.29 is 19.0 Å². The molecule has 0 aromatic heterocycles. The van der Waals surface area contributed by atoms with Crippen molar-refractivity contribution in [2.45, 2.75) is 40.0 Å². The molecule has 2 aromatic carbocycles. The van der Waals surface area contributed by atoms with Crippen molar-refractivity contribution >= 4 is 12.0 Å². The van der Waals surface area contributed by atoms with Crippen LogP contribution in [0.15, 0.2) is 24.3 Å². The Morgan fingerprint density at radius 3 is 2.32 bits per heavy atom. The third-order valence-corrected chi connectivity index (χ3v) is 5.79. The van der Waals surface area contributed by atoms with E-state index in [0.717, 1.165) is 60.3 Å². The second kappa shape index (κ2) is 10.5. The highest BCUT2D eigenvalue weighted by Crippen LogP contribution is 2.56. The molecule has 0 saturated carbocycles. The highest BCUT2D eigenvalue weighted by molar-refractivity contribution is 5.98. The maximum Gasteiger partial charge on any atom is 0.146 e. The van der Waals surface area contributed by atoms with Gasteiger partial charge >= 0.3 is 0 Å². The van der Waals surface area contributed by atoms with E-state index in [4.69, 9.17) is 19.9 Å². The molecule has 1 atom stereocenters. The van der Waals surface area contributed by atoms with Crippen molar-refractivity contribution in [3.05, 3.63) is 35.4 Å². The number of aldehydes is 1. The molecule has 0 bridgehead atoms. The van der Waals surface area contributed by atoms with Crippen LogP contribution < -0.4 is 19.9 Å². The maximum absolute atomic E-state index is 12.2. The first-order chi connectivity index (χ1) is 15.1. The molecule has 2 N–H and O–H groups in total. The smallest absolute Gasteiger partial charge is 0.146 e. The fraction of sp³-hybridized carbons (Fsp3) is 0.480. The Balaban J connectivity index is 2.01. The fourth-order valence-electron chi connectivity index (χ4n) is 4.30. The predicted octanol–water partition coefficient (Wildman–Crippen LogP) is 4.49. The number of anilines is 1. The van der Waals surface area contributed by atoms with Crippen LogP contribution in [0.2, 0.25) is 0 Å². The summed E-state index contributed by atoms with van der Waals surface area (Å²) in [5, 5.41) is 0. The molecule has 3 rings (SSSR count). The number of ether oxygens (including phenoxy) is 3. The highest BCUT2D eigenvalue weighted by Gasteiger charge is 2.37. The van der Waals surface area contributed by atoms with E-state index >= 15 is 0 Å². The Labute approximate surface area is 185 Å². The van der Waals surface area contributed by atoms with Gasteiger partial charge in [-0.2, -0.15) is 0 Å². The molecule has 31 heavy (non-hydrogen) atoms. The van der Waals surface area contributed by atoms with Crippen LogP contribution in [0.25, 0.3) is 11.1 Å². The van der Waals surface area contributed by atoms with E-state index in [1.54, 1.807) is 0 Å². The number of benzene rings is 2. The second-order valence-electron chi connectivity index (χ2n) is 7.50. The zero-order chi connectivity index (χ0) is 22.4. The maximum atomic E-state index is 12.2. The van der Waals surface area contributed by atoms with Gasteiger partial charge in [0.05, 0.1) is 31.4 Å². The van der Waals surface area contributed by atoms with Crippen LogP contribution in [0.5, 0.6) is 17.2 Å². The molecule has 0 radical (unpaired) electrons. The van der Waals surface area contributed by atoms with Crippen LogP contribution in [0.1, 0.15) is 51.2 Å². The Kier molecular flexibility index (Phi) is 7.80. The predicted molar refractivity (Wildman–Crippen MR) is 124 cm³/mol. The molecule has 0 amide bonds. The van der Waals surface area contributed by atoms with Crippen LogP contribution >= 0.6 is 0 Å². The summed E-state index contributed by atoms with van der Waals surface area (Å²) < 4.78 is 17.9. The minimum atomic E-state index is -0.469. The first-order valence-corrected chi connectivity index (χ1v) is 11.3. The molecule has 0 aliphatic heterocycles. The summed E-state index contributed by atoms with van der Waals surface area (Å²) in [6.07, 6.45) is 1.87. The number of nitrogens with zero attached hydrogens (tertiary/aromatic N) is 1. The standard InChI is InChI=1S/C25H34N2O4/c1-5-27(6-2)13-10-14-31-19-12-9-11-17-18(16-28)23-24(22(17)19)20(29-7-3)15-21(25(23)26)30-8-4/h9,11-12,15-16,18H,5-8,10,13-14,26H2,1-4H3. The molecule has 0 heterocycles. The lowest BCUT2D eigenvalue weighted by atomic mass is 9.96. The molecule has 1 unspecified atom stereocenters. The number of carbonyl (C=O) groups excluding carboxylic acids is 1. The molecule has 0 saturated heterocycles. The van der Waals surface area contributed by atoms with Crippen molar-refractivity contribution in [2.24, 2.45) is 0 Å². The average molecular weight is 427 g/mol. The molecule has 2 aromatic rings. The summed E-state index contributed by atoms with van der Waals surface area (Å²) in [5.41, 5.74) is 10.4. The lowest BCUT2D eigenvalue weighted by Gasteiger charge is -2.19. The van der Waals surface area contributed by atoms with Gasteiger partial charge in [-0.25, -0.2) is 0 Å². The second-order valence-corrected chi connectivity index (χ2v) is 7.50. The SMILES string of the molecule is CCOc1cc(OCC)c2c(c1N)C(C=O)c1cccc(OCCCN(CC)CC)c1-2. The molecule has 6 heteroatoms. The minimum Gasteiger partial charge on any atom is -0.493 e. The summed E-state index contributed by atoms with van der Waals surface area (Å²) in [6.45, 7) is 12.8. The Bertz CT molecular complexity index is 909. The van der Waals surface area contributed by atoms with E-state index in [1.807, 2.05) is 38.1 Å². The van der Waals surface area contributed by atoms with E-state index in [9.17, 15) is 4.79 Å². The molecule has 168 valence electrons. The van der Waals surface area contributed by atoms with Crippen molar-refractivity contribution in [2.75, 3.05) is 45.2 Å². The van der Waals surface area contributed by atoms with Gasteiger partial charge in [-0.3, -0.25) is 0 Å². The van der Waals surface area contributed by atoms with E-state index in [2.05, 4.69) is 18.7 Å². The van der Waals surface area contributed by atoms with Crippen molar-refractivity contribution in [1.82, 2.24) is 4.90 Å². The third kappa shape index (κ3) is 4.49. The van der Waals surface area contributed by atoms with Crippen LogP contribution in [-0.2, 0) is 4.79 Å². The number of rotatable bonds is 12. The Morgan fingerprint density at radius 2 is 1.68 bits per heavy atom. The molecular weight excluding hydrogens is 392 g/mol. The van der Waals surface area contributed by atoms with Crippen LogP contribution in [0.4, 0.5) is 5.69 Å². The molecule has 0 spiro atoms. The Morgan fingerprint density at radius 1 is 0.968 bits per heavy atom. The summed E-state index contributed by atoms with van der Waals surface area (Å²) in [6, 6.07) is 7.68. The summed E-state index contributed by atoms with van der Waals surface area (Å²) in [5.74, 6) is 1.50. The van der Waals surface area contributed by atoms with Gasteiger partial charge in [-0.15, -0.1) is 0 Å². The zero-order valence-corrected chi connectivity index (χ0v) is 19.1. The van der Waals surface area contributed by atoms with Crippen molar-refractivity contribution in [3.63, 3.8) is 0 Å². The minimum absolute atomic E-state index is 0.469. The van der Waals surface area contributed by atoms with Crippen LogP contribution in [-0.4, -0.2) is 50.6 Å². The molecule has 0 fully saturated rings. The first kappa shape index (κ1) is 22.9.